The third kappa shape index (κ3) is 5.08. The Hall–Kier alpha value is -2.37. The van der Waals surface area contributed by atoms with Crippen LogP contribution in [0.5, 0.6) is 0 Å². The van der Waals surface area contributed by atoms with Gasteiger partial charge in [0, 0.05) is 33.0 Å². The number of benzene rings is 1. The zero-order valence-electron chi connectivity index (χ0n) is 14.6. The molecule has 2 amide bonds. The maximum atomic E-state index is 12.3. The lowest BCUT2D eigenvalue weighted by Gasteiger charge is -2.15. The number of hydrogen-bond acceptors (Lipinski definition) is 7. The molecule has 1 fully saturated rings. The monoisotopic (exact) mass is 409 g/mol. The van der Waals surface area contributed by atoms with Crippen LogP contribution in [0.1, 0.15) is 30.9 Å². The Morgan fingerprint density at radius 1 is 1.22 bits per heavy atom. The maximum absolute atomic E-state index is 12.3. The highest BCUT2D eigenvalue weighted by molar-refractivity contribution is 7.91. The second-order valence-electron chi connectivity index (χ2n) is 6.11. The van der Waals surface area contributed by atoms with Crippen molar-refractivity contribution < 1.29 is 18.0 Å². The molecule has 11 heteroatoms. The Labute approximate surface area is 160 Å². The van der Waals surface area contributed by atoms with Gasteiger partial charge in [0.1, 0.15) is 0 Å². The molecule has 27 heavy (non-hydrogen) atoms. The van der Waals surface area contributed by atoms with Crippen molar-refractivity contribution >= 4 is 38.3 Å². The third-order valence-corrected chi connectivity index (χ3v) is 6.56. The summed E-state index contributed by atoms with van der Waals surface area (Å²) in [6.07, 6.45) is 1.50. The molecule has 0 aliphatic carbocycles. The number of aromatic nitrogens is 2. The largest absolute Gasteiger partial charge is 0.338 e. The normalized spacial score (nSPS) is 14.6. The molecule has 0 unspecified atom stereocenters. The first-order valence-corrected chi connectivity index (χ1v) is 10.6. The minimum Gasteiger partial charge on any atom is -0.338 e. The first-order valence-electron chi connectivity index (χ1n) is 8.30. The topological polar surface area (TPSA) is 121 Å². The summed E-state index contributed by atoms with van der Waals surface area (Å²) in [5, 5.41) is 9.75. The van der Waals surface area contributed by atoms with E-state index in [0.717, 1.165) is 35.4 Å². The average molecular weight is 409 g/mol. The van der Waals surface area contributed by atoms with Crippen LogP contribution in [0.25, 0.3) is 0 Å². The number of nitrogens with one attached hydrogen (secondary N) is 2. The number of sulfonamides is 1. The number of hydrogen-bond donors (Lipinski definition) is 2. The standard InChI is InChI=1S/C16H19N5O4S2/c1-11(22)18-15-19-20-16(26-15)27(24,25)17-9-12-4-6-13(7-5-12)10-21-8-2-3-14(21)23/h4-7,17H,2-3,8-10H2,1H3,(H,18,19,22). The molecule has 2 heterocycles. The SMILES string of the molecule is CC(=O)Nc1nnc(S(=O)(=O)NCc2ccc(CN3CCCC3=O)cc2)s1. The molecule has 144 valence electrons. The summed E-state index contributed by atoms with van der Waals surface area (Å²) in [4.78, 5) is 24.5. The molecule has 0 radical (unpaired) electrons. The zero-order valence-corrected chi connectivity index (χ0v) is 16.3. The lowest BCUT2D eigenvalue weighted by molar-refractivity contribution is -0.128. The molecule has 1 aromatic carbocycles. The predicted molar refractivity (Wildman–Crippen MR) is 99.3 cm³/mol. The maximum Gasteiger partial charge on any atom is 0.270 e. The highest BCUT2D eigenvalue weighted by Crippen LogP contribution is 2.20. The van der Waals surface area contributed by atoms with E-state index in [9.17, 15) is 18.0 Å². The van der Waals surface area contributed by atoms with Gasteiger partial charge >= 0.3 is 0 Å². The molecule has 0 bridgehead atoms. The molecule has 2 aromatic rings. The van der Waals surface area contributed by atoms with Gasteiger partial charge in [-0.25, -0.2) is 13.1 Å². The highest BCUT2D eigenvalue weighted by atomic mass is 32.2. The van der Waals surface area contributed by atoms with Gasteiger partial charge in [0.15, 0.2) is 0 Å². The molecule has 1 saturated heterocycles. The number of anilines is 1. The van der Waals surface area contributed by atoms with Gasteiger partial charge in [-0.2, -0.15) is 0 Å². The number of nitrogens with zero attached hydrogens (tertiary/aromatic N) is 3. The molecule has 0 atom stereocenters. The van der Waals surface area contributed by atoms with Crippen LogP contribution >= 0.6 is 11.3 Å². The minimum absolute atomic E-state index is 0.0975. The van der Waals surface area contributed by atoms with Gasteiger partial charge in [0.2, 0.25) is 21.3 Å². The lowest BCUT2D eigenvalue weighted by Crippen LogP contribution is -2.24. The minimum atomic E-state index is -3.82. The smallest absolute Gasteiger partial charge is 0.270 e. The molecule has 0 spiro atoms. The van der Waals surface area contributed by atoms with Crippen LogP contribution in [0, 0.1) is 0 Å². The fraction of sp³-hybridized carbons (Fsp3) is 0.375. The molecule has 1 aliphatic heterocycles. The van der Waals surface area contributed by atoms with Gasteiger partial charge in [-0.3, -0.25) is 9.59 Å². The number of carbonyl (C=O) groups excluding carboxylic acids is 2. The Morgan fingerprint density at radius 2 is 1.93 bits per heavy atom. The van der Waals surface area contributed by atoms with Crippen LogP contribution < -0.4 is 10.0 Å². The van der Waals surface area contributed by atoms with Crippen molar-refractivity contribution in [1.82, 2.24) is 19.8 Å². The van der Waals surface area contributed by atoms with Crippen LogP contribution in [0.15, 0.2) is 28.6 Å². The van der Waals surface area contributed by atoms with E-state index >= 15 is 0 Å². The van der Waals surface area contributed by atoms with Crippen molar-refractivity contribution in [3.05, 3.63) is 35.4 Å². The summed E-state index contributed by atoms with van der Waals surface area (Å²) in [5.41, 5.74) is 1.78. The van der Waals surface area contributed by atoms with Gasteiger partial charge < -0.3 is 10.2 Å². The fourth-order valence-electron chi connectivity index (χ4n) is 2.61. The molecule has 1 aliphatic rings. The van der Waals surface area contributed by atoms with Crippen LogP contribution in [-0.2, 0) is 32.7 Å². The summed E-state index contributed by atoms with van der Waals surface area (Å²) in [6.45, 7) is 2.75. The lowest BCUT2D eigenvalue weighted by atomic mass is 10.1. The Bertz CT molecular complexity index is 940. The number of amides is 2. The van der Waals surface area contributed by atoms with Gasteiger partial charge in [0.25, 0.3) is 10.0 Å². The number of likely N-dealkylation sites (tertiary alicyclic amines) is 1. The van der Waals surface area contributed by atoms with Crippen LogP contribution in [0.3, 0.4) is 0 Å². The van der Waals surface area contributed by atoms with E-state index in [1.165, 1.54) is 6.92 Å². The average Bonchev–Trinajstić information content (AvgIpc) is 3.24. The molecular formula is C16H19N5O4S2. The van der Waals surface area contributed by atoms with Crippen molar-refractivity contribution in [3.63, 3.8) is 0 Å². The summed E-state index contributed by atoms with van der Waals surface area (Å²) >= 11 is 0.782. The van der Waals surface area contributed by atoms with Crippen molar-refractivity contribution in [2.24, 2.45) is 0 Å². The second kappa shape index (κ2) is 8.11. The fourth-order valence-corrected chi connectivity index (χ4v) is 4.62. The summed E-state index contributed by atoms with van der Waals surface area (Å²) in [6, 6.07) is 7.41. The number of carbonyl (C=O) groups is 2. The van der Waals surface area contributed by atoms with E-state index in [4.69, 9.17) is 0 Å². The van der Waals surface area contributed by atoms with Crippen LogP contribution in [-0.4, -0.2) is 41.9 Å². The summed E-state index contributed by atoms with van der Waals surface area (Å²) in [7, 11) is -3.82. The summed E-state index contributed by atoms with van der Waals surface area (Å²) < 4.78 is 26.8. The second-order valence-corrected chi connectivity index (χ2v) is 9.03. The van der Waals surface area contributed by atoms with Crippen molar-refractivity contribution in [2.75, 3.05) is 11.9 Å². The van der Waals surface area contributed by atoms with E-state index in [-0.39, 0.29) is 27.8 Å². The first-order chi connectivity index (χ1) is 12.8. The Balaban J connectivity index is 1.58. The van der Waals surface area contributed by atoms with Gasteiger partial charge in [-0.05, 0) is 17.5 Å². The quantitative estimate of drug-likeness (QED) is 0.661. The molecule has 3 rings (SSSR count). The summed E-state index contributed by atoms with van der Waals surface area (Å²) in [5.74, 6) is -0.179. The van der Waals surface area contributed by atoms with E-state index in [2.05, 4.69) is 20.2 Å². The van der Waals surface area contributed by atoms with Crippen LogP contribution in [0.2, 0.25) is 0 Å². The predicted octanol–water partition coefficient (Wildman–Crippen LogP) is 1.10. The molecule has 2 N–H and O–H groups in total. The van der Waals surface area contributed by atoms with E-state index in [1.54, 1.807) is 0 Å². The van der Waals surface area contributed by atoms with Gasteiger partial charge in [-0.15, -0.1) is 10.2 Å². The third-order valence-electron chi connectivity index (χ3n) is 3.95. The molecule has 0 saturated carbocycles. The molecule has 1 aromatic heterocycles. The highest BCUT2D eigenvalue weighted by Gasteiger charge is 2.21. The van der Waals surface area contributed by atoms with E-state index < -0.39 is 10.0 Å². The Morgan fingerprint density at radius 3 is 2.56 bits per heavy atom. The first kappa shape index (κ1) is 19.4. The van der Waals surface area contributed by atoms with Crippen LogP contribution in [0.4, 0.5) is 5.13 Å². The Kier molecular flexibility index (Phi) is 5.82. The van der Waals surface area contributed by atoms with Crippen molar-refractivity contribution in [1.29, 1.82) is 0 Å². The molecular weight excluding hydrogens is 390 g/mol. The van der Waals surface area contributed by atoms with E-state index in [1.807, 2.05) is 29.2 Å². The van der Waals surface area contributed by atoms with Gasteiger partial charge in [0.05, 0.1) is 0 Å². The van der Waals surface area contributed by atoms with E-state index in [0.29, 0.717) is 13.0 Å². The zero-order chi connectivity index (χ0) is 19.4. The van der Waals surface area contributed by atoms with Crippen molar-refractivity contribution in [3.8, 4) is 0 Å². The van der Waals surface area contributed by atoms with Gasteiger partial charge in [-0.1, -0.05) is 35.6 Å². The number of rotatable bonds is 7. The molecule has 9 nitrogen and oxygen atoms in total. The van der Waals surface area contributed by atoms with Crippen molar-refractivity contribution in [2.45, 2.75) is 37.2 Å².